The van der Waals surface area contributed by atoms with E-state index in [0.29, 0.717) is 18.5 Å². The van der Waals surface area contributed by atoms with Crippen LogP contribution in [0.15, 0.2) is 47.2 Å². The highest BCUT2D eigenvalue weighted by molar-refractivity contribution is 5.92. The molecule has 24 heavy (non-hydrogen) atoms. The fourth-order valence-corrected chi connectivity index (χ4v) is 2.42. The van der Waals surface area contributed by atoms with E-state index in [9.17, 15) is 9.59 Å². The third kappa shape index (κ3) is 5.24. The summed E-state index contributed by atoms with van der Waals surface area (Å²) in [6.45, 7) is 5.96. The molecule has 130 valence electrons. The molecule has 0 atom stereocenters. The largest absolute Gasteiger partial charge is 0.497 e. The highest BCUT2D eigenvalue weighted by Gasteiger charge is 2.11. The van der Waals surface area contributed by atoms with Crippen molar-refractivity contribution in [2.75, 3.05) is 7.11 Å². The maximum absolute atomic E-state index is 11.6. The van der Waals surface area contributed by atoms with Crippen molar-refractivity contribution >= 4 is 12.3 Å². The van der Waals surface area contributed by atoms with Crippen LogP contribution in [0.1, 0.15) is 32.8 Å². The lowest BCUT2D eigenvalue weighted by molar-refractivity contribution is -0.118. The van der Waals surface area contributed by atoms with E-state index in [2.05, 4.69) is 5.43 Å². The number of hydrazine groups is 1. The summed E-state index contributed by atoms with van der Waals surface area (Å²) in [4.78, 5) is 24.7. The van der Waals surface area contributed by atoms with Crippen LogP contribution in [0.2, 0.25) is 0 Å². The van der Waals surface area contributed by atoms with E-state index in [4.69, 9.17) is 10.6 Å². The molecule has 6 nitrogen and oxygen atoms in total. The molecule has 1 aromatic rings. The van der Waals surface area contributed by atoms with Gasteiger partial charge in [-0.25, -0.2) is 5.84 Å². The third-order valence-corrected chi connectivity index (χ3v) is 3.70. The molecule has 1 aromatic carbocycles. The first-order valence-corrected chi connectivity index (χ1v) is 7.70. The molecule has 0 saturated carbocycles. The molecule has 0 aliphatic rings. The minimum absolute atomic E-state index is 0.349. The molecule has 0 radical (unpaired) electrons. The fourth-order valence-electron chi connectivity index (χ4n) is 2.42. The van der Waals surface area contributed by atoms with Crippen LogP contribution in [0.3, 0.4) is 0 Å². The number of benzene rings is 1. The summed E-state index contributed by atoms with van der Waals surface area (Å²) in [7, 11) is 1.61. The first kappa shape index (κ1) is 19.4. The SMILES string of the molecule is CC/C(=C(C)/C=C(\C)C(=O)NN)N(C=O)Cc1ccc(OC)cc1. The molecule has 0 saturated heterocycles. The molecular formula is C18H25N3O3. The van der Waals surface area contributed by atoms with Crippen LogP contribution < -0.4 is 16.0 Å². The maximum Gasteiger partial charge on any atom is 0.260 e. The Balaban J connectivity index is 3.06. The van der Waals surface area contributed by atoms with E-state index in [1.165, 1.54) is 0 Å². The van der Waals surface area contributed by atoms with Gasteiger partial charge in [0.25, 0.3) is 5.91 Å². The molecule has 6 heteroatoms. The zero-order valence-corrected chi connectivity index (χ0v) is 14.6. The normalized spacial score (nSPS) is 12.3. The van der Waals surface area contributed by atoms with Gasteiger partial charge in [0.2, 0.25) is 6.41 Å². The first-order valence-electron chi connectivity index (χ1n) is 7.70. The predicted molar refractivity (Wildman–Crippen MR) is 93.7 cm³/mol. The van der Waals surface area contributed by atoms with Gasteiger partial charge in [-0.05, 0) is 49.6 Å². The average Bonchev–Trinajstić information content (AvgIpc) is 2.61. The minimum atomic E-state index is -0.349. The number of nitrogens with zero attached hydrogens (tertiary/aromatic N) is 1. The molecule has 0 bridgehead atoms. The number of carbonyl (C=O) groups excluding carboxylic acids is 2. The van der Waals surface area contributed by atoms with Crippen molar-refractivity contribution in [2.45, 2.75) is 33.7 Å². The summed E-state index contributed by atoms with van der Waals surface area (Å²) in [5.74, 6) is 5.56. The van der Waals surface area contributed by atoms with Crippen LogP contribution >= 0.6 is 0 Å². The van der Waals surface area contributed by atoms with Crippen LogP contribution in [0.25, 0.3) is 0 Å². The number of hydrogen-bond acceptors (Lipinski definition) is 4. The topological polar surface area (TPSA) is 84.7 Å². The van der Waals surface area contributed by atoms with E-state index in [1.807, 2.05) is 38.1 Å². The number of nitrogens with one attached hydrogen (secondary N) is 1. The van der Waals surface area contributed by atoms with Gasteiger partial charge in [0.05, 0.1) is 13.7 Å². The zero-order chi connectivity index (χ0) is 18.1. The van der Waals surface area contributed by atoms with Gasteiger partial charge in [0.1, 0.15) is 5.75 Å². The highest BCUT2D eigenvalue weighted by Crippen LogP contribution is 2.19. The quantitative estimate of drug-likeness (QED) is 0.191. The van der Waals surface area contributed by atoms with Crippen LogP contribution in [0.4, 0.5) is 0 Å². The molecule has 0 fully saturated rings. The summed E-state index contributed by atoms with van der Waals surface area (Å²) in [6.07, 6.45) is 3.19. The van der Waals surface area contributed by atoms with Gasteiger partial charge in [0.15, 0.2) is 0 Å². The molecular weight excluding hydrogens is 306 g/mol. The number of allylic oxidation sites excluding steroid dienone is 3. The third-order valence-electron chi connectivity index (χ3n) is 3.70. The van der Waals surface area contributed by atoms with Crippen LogP contribution in [0, 0.1) is 0 Å². The Bertz CT molecular complexity index is 633. The maximum atomic E-state index is 11.6. The second-order valence-corrected chi connectivity index (χ2v) is 5.37. The second-order valence-electron chi connectivity index (χ2n) is 5.37. The van der Waals surface area contributed by atoms with Crippen molar-refractivity contribution in [3.8, 4) is 5.75 Å². The number of ether oxygens (including phenoxy) is 1. The Morgan fingerprint density at radius 3 is 2.38 bits per heavy atom. The second kappa shape index (κ2) is 9.52. The van der Waals surface area contributed by atoms with Gasteiger partial charge in [-0.3, -0.25) is 15.0 Å². The van der Waals surface area contributed by atoms with Gasteiger partial charge >= 0.3 is 0 Å². The van der Waals surface area contributed by atoms with Gasteiger partial charge in [-0.15, -0.1) is 0 Å². The Morgan fingerprint density at radius 2 is 1.92 bits per heavy atom. The lowest BCUT2D eigenvalue weighted by Crippen LogP contribution is -2.30. The molecule has 2 amide bonds. The number of carbonyl (C=O) groups is 2. The first-order chi connectivity index (χ1) is 11.5. The van der Waals surface area contributed by atoms with Gasteiger partial charge < -0.3 is 9.64 Å². The summed E-state index contributed by atoms with van der Waals surface area (Å²) >= 11 is 0. The Labute approximate surface area is 142 Å². The van der Waals surface area contributed by atoms with Crippen molar-refractivity contribution in [1.29, 1.82) is 0 Å². The monoisotopic (exact) mass is 331 g/mol. The molecule has 3 N–H and O–H groups in total. The summed E-state index contributed by atoms with van der Waals surface area (Å²) in [5.41, 5.74) is 5.27. The minimum Gasteiger partial charge on any atom is -0.497 e. The van der Waals surface area contributed by atoms with Gasteiger partial charge in [0, 0.05) is 11.3 Å². The summed E-state index contributed by atoms with van der Waals surface area (Å²) < 4.78 is 5.14. The molecule has 0 aliphatic heterocycles. The summed E-state index contributed by atoms with van der Waals surface area (Å²) in [5, 5.41) is 0. The smallest absolute Gasteiger partial charge is 0.260 e. The molecule has 0 aromatic heterocycles. The predicted octanol–water partition coefficient (Wildman–Crippen LogP) is 2.27. The van der Waals surface area contributed by atoms with E-state index < -0.39 is 0 Å². The van der Waals surface area contributed by atoms with Crippen molar-refractivity contribution < 1.29 is 14.3 Å². The lowest BCUT2D eigenvalue weighted by atomic mass is 10.1. The van der Waals surface area contributed by atoms with Crippen molar-refractivity contribution in [3.63, 3.8) is 0 Å². The van der Waals surface area contributed by atoms with Crippen molar-refractivity contribution in [1.82, 2.24) is 10.3 Å². The van der Waals surface area contributed by atoms with Gasteiger partial charge in [-0.2, -0.15) is 0 Å². The fraction of sp³-hybridized carbons (Fsp3) is 0.333. The molecule has 1 rings (SSSR count). The summed E-state index contributed by atoms with van der Waals surface area (Å²) in [6, 6.07) is 7.55. The standard InChI is InChI=1S/C18H25N3O3/c1-5-17(13(2)10-14(3)18(23)20-19)21(12-22)11-15-6-8-16(24-4)9-7-15/h6-10,12H,5,11,19H2,1-4H3,(H,20,23)/b14-10+,17-13-. The number of rotatable bonds is 8. The molecule has 0 spiro atoms. The molecule has 0 heterocycles. The van der Waals surface area contributed by atoms with Crippen molar-refractivity contribution in [3.05, 3.63) is 52.7 Å². The average molecular weight is 331 g/mol. The number of methoxy groups -OCH3 is 1. The van der Waals surface area contributed by atoms with E-state index in [1.54, 1.807) is 25.0 Å². The van der Waals surface area contributed by atoms with Gasteiger partial charge in [-0.1, -0.05) is 19.1 Å². The van der Waals surface area contributed by atoms with Crippen LogP contribution in [-0.4, -0.2) is 24.3 Å². The molecule has 0 aliphatic carbocycles. The van der Waals surface area contributed by atoms with Crippen LogP contribution in [0.5, 0.6) is 5.75 Å². The number of nitrogens with two attached hydrogens (primary N) is 1. The number of amides is 2. The molecule has 0 unspecified atom stereocenters. The van der Waals surface area contributed by atoms with Crippen molar-refractivity contribution in [2.24, 2.45) is 5.84 Å². The van der Waals surface area contributed by atoms with E-state index in [-0.39, 0.29) is 5.91 Å². The van der Waals surface area contributed by atoms with E-state index in [0.717, 1.165) is 29.0 Å². The zero-order valence-electron chi connectivity index (χ0n) is 14.6. The Morgan fingerprint density at radius 1 is 1.29 bits per heavy atom. The Hall–Kier alpha value is -2.60. The lowest BCUT2D eigenvalue weighted by Gasteiger charge is -2.22. The number of hydrogen-bond donors (Lipinski definition) is 2. The Kier molecular flexibility index (Phi) is 7.71. The van der Waals surface area contributed by atoms with Crippen LogP contribution in [-0.2, 0) is 16.1 Å². The van der Waals surface area contributed by atoms with E-state index >= 15 is 0 Å². The highest BCUT2D eigenvalue weighted by atomic mass is 16.5.